The molecule has 0 N–H and O–H groups in total. The molecule has 0 aromatic heterocycles. The summed E-state index contributed by atoms with van der Waals surface area (Å²) in [6.07, 6.45) is 6.01. The Morgan fingerprint density at radius 3 is 1.82 bits per heavy atom. The van der Waals surface area contributed by atoms with Crippen molar-refractivity contribution in [3.63, 3.8) is 0 Å². The van der Waals surface area contributed by atoms with Crippen molar-refractivity contribution in [3.05, 3.63) is 11.0 Å². The summed E-state index contributed by atoms with van der Waals surface area (Å²) in [5.41, 5.74) is 0.705. The van der Waals surface area contributed by atoms with Crippen molar-refractivity contribution >= 4 is 43.5 Å². The second kappa shape index (κ2) is 16.4. The number of unbranched alkanes of at least 4 members (excludes halogenated alkanes) is 2. The van der Waals surface area contributed by atoms with Crippen molar-refractivity contribution < 1.29 is 38.0 Å². The van der Waals surface area contributed by atoms with E-state index in [1.165, 1.54) is 67.4 Å². The topological polar surface area (TPSA) is 89.5 Å². The van der Waals surface area contributed by atoms with Gasteiger partial charge in [0, 0.05) is 0 Å². The Morgan fingerprint density at radius 2 is 1.41 bits per heavy atom. The first-order valence-corrected chi connectivity index (χ1v) is 18.9. The molecule has 0 aromatic rings. The fourth-order valence-electron chi connectivity index (χ4n) is 4.19. The Bertz CT molecular complexity index is 625. The normalized spacial score (nSPS) is 17.5. The van der Waals surface area contributed by atoms with Crippen LogP contribution in [0.15, 0.2) is 11.0 Å². The molecule has 0 spiro atoms. The van der Waals surface area contributed by atoms with Gasteiger partial charge in [0.2, 0.25) is 0 Å². The molecule has 0 fully saturated rings. The summed E-state index contributed by atoms with van der Waals surface area (Å²) in [6, 6.07) is 0. The number of thioether (sulfide) groups is 1. The van der Waals surface area contributed by atoms with Gasteiger partial charge < -0.3 is 0 Å². The summed E-state index contributed by atoms with van der Waals surface area (Å²) in [5, 5.41) is 1.80. The number of carbonyl (C=O) groups excluding carboxylic acids is 2. The second-order valence-electron chi connectivity index (χ2n) is 8.47. The molecule has 1 rings (SSSR count). The minimum absolute atomic E-state index is 0.0104. The van der Waals surface area contributed by atoms with E-state index in [0.29, 0.717) is 5.57 Å². The van der Waals surface area contributed by atoms with Crippen molar-refractivity contribution in [3.8, 4) is 0 Å². The number of hydrogen-bond donors (Lipinski definition) is 0. The molecule has 1 unspecified atom stereocenters. The zero-order valence-corrected chi connectivity index (χ0v) is 25.6. The van der Waals surface area contributed by atoms with Gasteiger partial charge in [0.25, 0.3) is 0 Å². The van der Waals surface area contributed by atoms with Crippen LogP contribution in [0.1, 0.15) is 52.9 Å². The van der Waals surface area contributed by atoms with Crippen molar-refractivity contribution in [2.24, 2.45) is 5.92 Å². The van der Waals surface area contributed by atoms with E-state index < -0.39 is 42.2 Å². The summed E-state index contributed by atoms with van der Waals surface area (Å²) >= 11 is -0.518. The van der Waals surface area contributed by atoms with Crippen LogP contribution >= 0.6 is 11.8 Å². The molecular weight excluding hydrogens is 567 g/mol. The molecule has 0 amide bonds. The third-order valence-electron chi connectivity index (χ3n) is 6.14. The quantitative estimate of drug-likeness (QED) is 0.0944. The van der Waals surface area contributed by atoms with Crippen LogP contribution in [0.25, 0.3) is 0 Å². The first-order valence-electron chi connectivity index (χ1n) is 12.0. The number of methoxy groups -OCH3 is 4. The average molecular weight is 610 g/mol. The molecule has 8 nitrogen and oxygen atoms in total. The van der Waals surface area contributed by atoms with Crippen molar-refractivity contribution in [2.75, 3.05) is 42.0 Å². The van der Waals surface area contributed by atoms with Gasteiger partial charge in [0.15, 0.2) is 0 Å². The fourth-order valence-corrected chi connectivity index (χ4v) is 15.0. The molecule has 10 heteroatoms. The van der Waals surface area contributed by atoms with E-state index in [2.05, 4.69) is 20.8 Å². The molecule has 1 radical (unpaired) electrons. The summed E-state index contributed by atoms with van der Waals surface area (Å²) in [5.74, 6) is -3.38. The van der Waals surface area contributed by atoms with Crippen LogP contribution in [0.2, 0.25) is 13.3 Å². The summed E-state index contributed by atoms with van der Waals surface area (Å²) in [4.78, 5) is 26.3. The summed E-state index contributed by atoms with van der Waals surface area (Å²) in [6.45, 7) is 6.20. The third kappa shape index (κ3) is 7.35. The van der Waals surface area contributed by atoms with Crippen LogP contribution in [-0.4, -0.2) is 84.3 Å². The van der Waals surface area contributed by atoms with Gasteiger partial charge >= 0.3 is 217 Å². The van der Waals surface area contributed by atoms with E-state index >= 15 is 0 Å². The first kappa shape index (κ1) is 31.7. The van der Waals surface area contributed by atoms with Gasteiger partial charge in [-0.2, -0.15) is 0 Å². The maximum absolute atomic E-state index is 13.1. The van der Waals surface area contributed by atoms with Crippen molar-refractivity contribution in [1.82, 2.24) is 0 Å². The van der Waals surface area contributed by atoms with Gasteiger partial charge in [-0.3, -0.25) is 0 Å². The molecule has 1 atom stereocenters. The van der Waals surface area contributed by atoms with E-state index in [0.717, 1.165) is 18.2 Å². The molecule has 0 saturated heterocycles. The monoisotopic (exact) mass is 611 g/mol. The van der Waals surface area contributed by atoms with Crippen LogP contribution in [0.4, 0.5) is 0 Å². The van der Waals surface area contributed by atoms with Crippen molar-refractivity contribution in [1.29, 1.82) is 0 Å². The third-order valence-corrected chi connectivity index (χ3v) is 16.4. The molecule has 1 aliphatic rings. The summed E-state index contributed by atoms with van der Waals surface area (Å²) < 4.78 is 34.7. The molecule has 34 heavy (non-hydrogen) atoms. The Balaban J connectivity index is 3.35. The molecule has 1 aliphatic heterocycles. The zero-order chi connectivity index (χ0) is 25.6. The second-order valence-corrected chi connectivity index (χ2v) is 18.1. The molecule has 1 heterocycles. The molecule has 0 aliphatic carbocycles. The van der Waals surface area contributed by atoms with Gasteiger partial charge in [-0.15, -0.1) is 0 Å². The number of carbonyl (C=O) groups is 2. The molecule has 197 valence electrons. The molecule has 0 bridgehead atoms. The van der Waals surface area contributed by atoms with E-state index in [1.54, 1.807) is 5.41 Å². The Morgan fingerprint density at radius 1 is 0.912 bits per heavy atom. The first-order chi connectivity index (χ1) is 16.3. The van der Waals surface area contributed by atoms with Gasteiger partial charge in [-0.05, 0) is 0 Å². The average Bonchev–Trinajstić information content (AvgIpc) is 3.20. The number of esters is 2. The predicted molar refractivity (Wildman–Crippen MR) is 135 cm³/mol. The maximum atomic E-state index is 13.1. The van der Waals surface area contributed by atoms with Gasteiger partial charge in [0.1, 0.15) is 0 Å². The number of ether oxygens (including phenoxy) is 6. The SMILES string of the molecule is CCC[CH2][Sn]([CH2]CCC)[CH2]CC(C)C1=CSC(C(=O)OC)(C(=O)OC)C1(OCOC)OCOC. The Labute approximate surface area is 216 Å². The molecular formula is C24H43O8SSn. The van der Waals surface area contributed by atoms with E-state index in [-0.39, 0.29) is 19.5 Å². The minimum atomic E-state index is -1.93. The Hall–Kier alpha value is -0.331. The van der Waals surface area contributed by atoms with Gasteiger partial charge in [-0.25, -0.2) is 0 Å². The van der Waals surface area contributed by atoms with E-state index in [4.69, 9.17) is 28.4 Å². The standard InChI is InChI=1S/C16H25O8S.2C4H9.Sn/c1-7-11(2)12-8-25-15(13(17)21-5,14(18)22-6)16(12,23-9-19-3)24-10-20-4;2*1-3-4-2;/h8,11H,1,7,9-10H2,2-6H3;2*1,3-4H2,2H3;. The summed E-state index contributed by atoms with van der Waals surface area (Å²) in [7, 11) is 5.40. The van der Waals surface area contributed by atoms with Gasteiger partial charge in [0.05, 0.1) is 0 Å². The van der Waals surface area contributed by atoms with Gasteiger partial charge in [-0.1, -0.05) is 0 Å². The molecule has 0 aromatic carbocycles. The fraction of sp³-hybridized carbons (Fsp3) is 0.833. The zero-order valence-electron chi connectivity index (χ0n) is 21.9. The predicted octanol–water partition coefficient (Wildman–Crippen LogP) is 4.76. The number of hydrogen-bond acceptors (Lipinski definition) is 9. The van der Waals surface area contributed by atoms with E-state index in [1.807, 2.05) is 0 Å². The van der Waals surface area contributed by atoms with E-state index in [9.17, 15) is 9.59 Å². The van der Waals surface area contributed by atoms with Crippen LogP contribution in [-0.2, 0) is 38.0 Å². The van der Waals surface area contributed by atoms with Crippen LogP contribution < -0.4 is 0 Å². The van der Waals surface area contributed by atoms with Crippen LogP contribution in [0.3, 0.4) is 0 Å². The van der Waals surface area contributed by atoms with Crippen molar-refractivity contribution in [2.45, 2.75) is 76.7 Å². The van der Waals surface area contributed by atoms with Crippen LogP contribution in [0, 0.1) is 5.92 Å². The Kier molecular flexibility index (Phi) is 15.3. The van der Waals surface area contributed by atoms with Crippen LogP contribution in [0.5, 0.6) is 0 Å². The number of rotatable bonds is 18. The molecule has 0 saturated carbocycles.